The van der Waals surface area contributed by atoms with Gasteiger partial charge in [-0.3, -0.25) is 9.78 Å². The van der Waals surface area contributed by atoms with Gasteiger partial charge in [-0.2, -0.15) is 0 Å². The number of rotatable bonds is 0. The number of hydrogen-bond acceptors (Lipinski definition) is 2. The van der Waals surface area contributed by atoms with Gasteiger partial charge in [-0.05, 0) is 12.1 Å². The molecule has 0 aromatic carbocycles. The molecule has 54 valence electrons. The van der Waals surface area contributed by atoms with Crippen LogP contribution < -0.4 is 0 Å². The molecule has 1 aromatic heterocycles. The second-order valence-electron chi connectivity index (χ2n) is 1.28. The molecule has 0 aliphatic carbocycles. The Morgan fingerprint density at radius 2 is 2.30 bits per heavy atom. The number of carbonyl (C=O) groups is 1. The highest BCUT2D eigenvalue weighted by Gasteiger charge is 1.76. The normalized spacial score (nSPS) is 7.30. The zero-order valence-electron chi connectivity index (χ0n) is 5.07. The minimum absolute atomic E-state index is 0.250. The maximum Gasteiger partial charge on any atom is 0.290 e. The number of hydrogen-bond donors (Lipinski definition) is 1. The molecule has 0 saturated carbocycles. The van der Waals surface area contributed by atoms with Crippen LogP contribution in [0.2, 0.25) is 5.02 Å². The Morgan fingerprint density at radius 1 is 1.70 bits per heavy atom. The Bertz CT molecular complexity index is 178. The molecule has 0 unspecified atom stereocenters. The molecule has 0 aliphatic heterocycles. The molecule has 0 amide bonds. The first-order valence-electron chi connectivity index (χ1n) is 2.44. The average molecular weight is 160 g/mol. The van der Waals surface area contributed by atoms with Gasteiger partial charge in [0.25, 0.3) is 6.47 Å². The third-order valence-electron chi connectivity index (χ3n) is 0.625. The van der Waals surface area contributed by atoms with Crippen molar-refractivity contribution in [2.45, 2.75) is 0 Å². The summed E-state index contributed by atoms with van der Waals surface area (Å²) in [6.45, 7) is -0.250. The van der Waals surface area contributed by atoms with Crippen molar-refractivity contribution < 1.29 is 9.90 Å². The van der Waals surface area contributed by atoms with Gasteiger partial charge < -0.3 is 5.11 Å². The van der Waals surface area contributed by atoms with Gasteiger partial charge in [0.05, 0.1) is 5.02 Å². The molecule has 0 bridgehead atoms. The van der Waals surface area contributed by atoms with Crippen LogP contribution in [-0.2, 0) is 4.79 Å². The average Bonchev–Trinajstić information content (AvgIpc) is 1.91. The lowest BCUT2D eigenvalue weighted by Gasteiger charge is -1.79. The van der Waals surface area contributed by atoms with E-state index in [1.807, 2.05) is 0 Å². The Morgan fingerprint density at radius 3 is 2.50 bits per heavy atom. The highest BCUT2D eigenvalue weighted by Crippen LogP contribution is 2.00. The summed E-state index contributed by atoms with van der Waals surface area (Å²) >= 11 is 5.48. The molecule has 0 spiro atoms. The molecule has 3 nitrogen and oxygen atoms in total. The fraction of sp³-hybridized carbons (Fsp3) is 0. The van der Waals surface area contributed by atoms with Crippen LogP contribution in [0.4, 0.5) is 0 Å². The van der Waals surface area contributed by atoms with Crippen molar-refractivity contribution in [2.75, 3.05) is 0 Å². The van der Waals surface area contributed by atoms with Gasteiger partial charge in [0.2, 0.25) is 0 Å². The van der Waals surface area contributed by atoms with Gasteiger partial charge in [0.1, 0.15) is 0 Å². The molecule has 1 aromatic rings. The van der Waals surface area contributed by atoms with E-state index in [-0.39, 0.29) is 6.47 Å². The van der Waals surface area contributed by atoms with E-state index in [0.29, 0.717) is 5.02 Å². The standard InChI is InChI=1S/C5H4ClN.CH2O2/c6-5-2-1-3-7-4-5;2-1-3/h1-4H;1H,(H,2,3). The molecule has 4 heteroatoms. The molecule has 0 atom stereocenters. The maximum atomic E-state index is 8.36. The summed E-state index contributed by atoms with van der Waals surface area (Å²) in [7, 11) is 0. The van der Waals surface area contributed by atoms with Gasteiger partial charge in [-0.1, -0.05) is 11.6 Å². The molecular formula is C6H6ClNO2. The lowest BCUT2D eigenvalue weighted by Crippen LogP contribution is -1.64. The van der Waals surface area contributed by atoms with E-state index in [9.17, 15) is 0 Å². The molecule has 1 rings (SSSR count). The number of nitrogens with zero attached hydrogens (tertiary/aromatic N) is 1. The monoisotopic (exact) mass is 159 g/mol. The van der Waals surface area contributed by atoms with Crippen LogP contribution in [0.1, 0.15) is 0 Å². The fourth-order valence-electron chi connectivity index (χ4n) is 0.342. The summed E-state index contributed by atoms with van der Waals surface area (Å²) in [6.07, 6.45) is 3.29. The molecule has 0 fully saturated rings. The smallest absolute Gasteiger partial charge is 0.290 e. The van der Waals surface area contributed by atoms with Gasteiger partial charge in [0.15, 0.2) is 0 Å². The summed E-state index contributed by atoms with van der Waals surface area (Å²) in [5, 5.41) is 7.57. The lowest BCUT2D eigenvalue weighted by atomic mass is 10.5. The largest absolute Gasteiger partial charge is 0.483 e. The van der Waals surface area contributed by atoms with Crippen molar-refractivity contribution in [1.29, 1.82) is 0 Å². The maximum absolute atomic E-state index is 8.36. The molecule has 1 N–H and O–H groups in total. The summed E-state index contributed by atoms with van der Waals surface area (Å²) in [6, 6.07) is 3.58. The second-order valence-corrected chi connectivity index (χ2v) is 1.71. The van der Waals surface area contributed by atoms with Crippen molar-refractivity contribution >= 4 is 18.1 Å². The van der Waals surface area contributed by atoms with E-state index in [1.54, 1.807) is 24.5 Å². The molecule has 0 saturated heterocycles. The predicted molar refractivity (Wildman–Crippen MR) is 37.9 cm³/mol. The molecular weight excluding hydrogens is 154 g/mol. The third-order valence-corrected chi connectivity index (χ3v) is 0.849. The van der Waals surface area contributed by atoms with Crippen molar-refractivity contribution in [1.82, 2.24) is 4.98 Å². The molecule has 10 heavy (non-hydrogen) atoms. The number of pyridine rings is 1. The highest BCUT2D eigenvalue weighted by atomic mass is 35.5. The highest BCUT2D eigenvalue weighted by molar-refractivity contribution is 6.30. The fourth-order valence-corrected chi connectivity index (χ4v) is 0.471. The molecule has 0 aliphatic rings. The van der Waals surface area contributed by atoms with Gasteiger partial charge in [0, 0.05) is 12.4 Å². The van der Waals surface area contributed by atoms with Crippen molar-refractivity contribution in [3.05, 3.63) is 29.5 Å². The zero-order valence-corrected chi connectivity index (χ0v) is 5.82. The summed E-state index contributed by atoms with van der Waals surface area (Å²) in [4.78, 5) is 12.1. The Balaban J connectivity index is 0.000000236. The van der Waals surface area contributed by atoms with Crippen LogP contribution in [0.15, 0.2) is 24.5 Å². The van der Waals surface area contributed by atoms with Crippen LogP contribution in [0.25, 0.3) is 0 Å². The first-order chi connectivity index (χ1) is 4.81. The van der Waals surface area contributed by atoms with Crippen molar-refractivity contribution in [3.8, 4) is 0 Å². The van der Waals surface area contributed by atoms with E-state index >= 15 is 0 Å². The van der Waals surface area contributed by atoms with E-state index < -0.39 is 0 Å². The SMILES string of the molecule is Clc1cccnc1.O=CO. The minimum Gasteiger partial charge on any atom is -0.483 e. The number of halogens is 1. The van der Waals surface area contributed by atoms with Crippen LogP contribution >= 0.6 is 11.6 Å². The predicted octanol–water partition coefficient (Wildman–Crippen LogP) is 1.44. The summed E-state index contributed by atoms with van der Waals surface area (Å²) in [5.74, 6) is 0. The third kappa shape index (κ3) is 5.05. The lowest BCUT2D eigenvalue weighted by molar-refractivity contribution is -0.122. The summed E-state index contributed by atoms with van der Waals surface area (Å²) < 4.78 is 0. The van der Waals surface area contributed by atoms with E-state index in [2.05, 4.69) is 4.98 Å². The van der Waals surface area contributed by atoms with E-state index in [0.717, 1.165) is 0 Å². The van der Waals surface area contributed by atoms with Crippen LogP contribution in [0, 0.1) is 0 Å². The Labute approximate surface area is 63.3 Å². The topological polar surface area (TPSA) is 50.2 Å². The van der Waals surface area contributed by atoms with E-state index in [1.165, 1.54) is 0 Å². The Hall–Kier alpha value is -1.09. The van der Waals surface area contributed by atoms with E-state index in [4.69, 9.17) is 21.5 Å². The van der Waals surface area contributed by atoms with Crippen LogP contribution in [-0.4, -0.2) is 16.6 Å². The Kier molecular flexibility index (Phi) is 5.38. The van der Waals surface area contributed by atoms with Gasteiger partial charge in [-0.15, -0.1) is 0 Å². The summed E-state index contributed by atoms with van der Waals surface area (Å²) in [5.41, 5.74) is 0. The number of aromatic nitrogens is 1. The number of carboxylic acid groups (broad SMARTS) is 1. The minimum atomic E-state index is -0.250. The van der Waals surface area contributed by atoms with Gasteiger partial charge >= 0.3 is 0 Å². The van der Waals surface area contributed by atoms with Crippen molar-refractivity contribution in [2.24, 2.45) is 0 Å². The first kappa shape index (κ1) is 8.91. The molecule has 1 heterocycles. The van der Waals surface area contributed by atoms with Crippen molar-refractivity contribution in [3.63, 3.8) is 0 Å². The van der Waals surface area contributed by atoms with Crippen LogP contribution in [0.5, 0.6) is 0 Å². The first-order valence-corrected chi connectivity index (χ1v) is 2.82. The van der Waals surface area contributed by atoms with Gasteiger partial charge in [-0.25, -0.2) is 0 Å². The second kappa shape index (κ2) is 6.04. The quantitative estimate of drug-likeness (QED) is 0.583. The van der Waals surface area contributed by atoms with Crippen LogP contribution in [0.3, 0.4) is 0 Å². The zero-order chi connectivity index (χ0) is 7.82. The molecule has 0 radical (unpaired) electrons.